The molecule has 0 fully saturated rings. The van der Waals surface area contributed by atoms with Gasteiger partial charge in [-0.05, 0) is 25.5 Å². The summed E-state index contributed by atoms with van der Waals surface area (Å²) >= 11 is 0. The highest BCUT2D eigenvalue weighted by Gasteiger charge is 2.26. The van der Waals surface area contributed by atoms with E-state index in [1.165, 1.54) is 4.57 Å². The number of nitrogens with zero attached hydrogens (tertiary/aromatic N) is 2. The van der Waals surface area contributed by atoms with E-state index in [1.54, 1.807) is 19.9 Å². The molecule has 0 saturated heterocycles. The van der Waals surface area contributed by atoms with Crippen molar-refractivity contribution in [3.8, 4) is 11.4 Å². The largest absolute Gasteiger partial charge is 0.394 e. The number of aromatic nitrogens is 3. The molecule has 0 bridgehead atoms. The number of hydrogen-bond donors (Lipinski definition) is 5. The molecule has 23 heavy (non-hydrogen) atoms. The number of hydrogen-bond acceptors (Lipinski definition) is 7. The molecule has 0 aromatic heterocycles. The van der Waals surface area contributed by atoms with Crippen molar-refractivity contribution < 1.29 is 20.4 Å². The van der Waals surface area contributed by atoms with E-state index >= 15 is 0 Å². The van der Waals surface area contributed by atoms with Crippen molar-refractivity contribution in [3.05, 3.63) is 38.2 Å². The van der Waals surface area contributed by atoms with Crippen LogP contribution in [0.15, 0.2) is 15.7 Å². The van der Waals surface area contributed by atoms with Gasteiger partial charge < -0.3 is 25.0 Å². The van der Waals surface area contributed by atoms with Crippen molar-refractivity contribution in [2.75, 3.05) is 6.61 Å². The lowest BCUT2D eigenvalue weighted by atomic mass is 10.1. The summed E-state index contributed by atoms with van der Waals surface area (Å²) in [6, 6.07) is 1.58. The first-order valence-corrected chi connectivity index (χ1v) is 7.02. The summed E-state index contributed by atoms with van der Waals surface area (Å²) in [7, 11) is 0. The summed E-state index contributed by atoms with van der Waals surface area (Å²) in [6.07, 6.45) is -4.52. The summed E-state index contributed by atoms with van der Waals surface area (Å²) in [5, 5.41) is 38.1. The van der Waals surface area contributed by atoms with Gasteiger partial charge in [-0.2, -0.15) is 4.98 Å². The SMILES string of the molecule is Cc1cc2c(=O)[nH]c(=O)nc-2n(C[C@H](O)[C@H](O)[C@H](O)CO)c1C. The summed E-state index contributed by atoms with van der Waals surface area (Å²) in [6.45, 7) is 2.54. The van der Waals surface area contributed by atoms with Crippen LogP contribution < -0.4 is 11.2 Å². The van der Waals surface area contributed by atoms with E-state index in [4.69, 9.17) is 5.11 Å². The monoisotopic (exact) mass is 325 g/mol. The molecule has 0 aliphatic carbocycles. The second-order valence-corrected chi connectivity index (χ2v) is 5.44. The molecule has 0 aromatic carbocycles. The van der Waals surface area contributed by atoms with Gasteiger partial charge in [0.15, 0.2) is 5.82 Å². The summed E-state index contributed by atoms with van der Waals surface area (Å²) in [5.74, 6) is 0.0755. The molecule has 0 amide bonds. The van der Waals surface area contributed by atoms with Crippen LogP contribution in [0, 0.1) is 13.8 Å². The fourth-order valence-corrected chi connectivity index (χ4v) is 2.36. The summed E-state index contributed by atoms with van der Waals surface area (Å²) in [5.41, 5.74) is 0.136. The number of aryl methyl sites for hydroxylation is 1. The van der Waals surface area contributed by atoms with Crippen molar-refractivity contribution in [1.82, 2.24) is 14.5 Å². The molecule has 126 valence electrons. The third kappa shape index (κ3) is 3.32. The number of rotatable bonds is 5. The number of aliphatic hydroxyl groups is 4. The Bertz CT molecular complexity index is 783. The van der Waals surface area contributed by atoms with Gasteiger partial charge in [0, 0.05) is 5.69 Å². The Morgan fingerprint density at radius 3 is 2.48 bits per heavy atom. The highest BCUT2D eigenvalue weighted by atomic mass is 16.4. The molecule has 0 radical (unpaired) electrons. The molecule has 0 spiro atoms. The molecular formula is C14H19N3O6. The maximum atomic E-state index is 11.9. The Hall–Kier alpha value is -2.07. The van der Waals surface area contributed by atoms with Crippen molar-refractivity contribution in [3.63, 3.8) is 0 Å². The van der Waals surface area contributed by atoms with Crippen molar-refractivity contribution >= 4 is 0 Å². The lowest BCUT2D eigenvalue weighted by Crippen LogP contribution is -2.42. The molecule has 9 heteroatoms. The molecule has 2 aliphatic heterocycles. The van der Waals surface area contributed by atoms with E-state index in [0.717, 1.165) is 5.56 Å². The first-order chi connectivity index (χ1) is 10.8. The van der Waals surface area contributed by atoms with Gasteiger partial charge in [0.1, 0.15) is 18.3 Å². The van der Waals surface area contributed by atoms with E-state index in [-0.39, 0.29) is 17.9 Å². The smallest absolute Gasteiger partial charge is 0.349 e. The maximum Gasteiger partial charge on any atom is 0.349 e. The molecule has 0 unspecified atom stereocenters. The van der Waals surface area contributed by atoms with Gasteiger partial charge in [-0.25, -0.2) is 4.79 Å². The summed E-state index contributed by atoms with van der Waals surface area (Å²) < 4.78 is 1.43. The fourth-order valence-electron chi connectivity index (χ4n) is 2.36. The van der Waals surface area contributed by atoms with E-state index in [1.807, 2.05) is 0 Å². The number of pyridine rings is 1. The Morgan fingerprint density at radius 2 is 1.87 bits per heavy atom. The van der Waals surface area contributed by atoms with Gasteiger partial charge >= 0.3 is 5.69 Å². The highest BCUT2D eigenvalue weighted by molar-refractivity contribution is 5.57. The van der Waals surface area contributed by atoms with Crippen LogP contribution in [0.25, 0.3) is 11.4 Å². The molecule has 2 rings (SSSR count). The van der Waals surface area contributed by atoms with E-state index < -0.39 is 36.2 Å². The van der Waals surface area contributed by atoms with E-state index in [2.05, 4.69) is 9.97 Å². The van der Waals surface area contributed by atoms with Crippen LogP contribution in [0.2, 0.25) is 0 Å². The minimum atomic E-state index is -1.59. The van der Waals surface area contributed by atoms with Crippen LogP contribution in [0.5, 0.6) is 0 Å². The molecule has 5 N–H and O–H groups in total. The molecular weight excluding hydrogens is 306 g/mol. The minimum absolute atomic E-state index is 0.0755. The lowest BCUT2D eigenvalue weighted by Gasteiger charge is -2.25. The molecule has 2 aliphatic rings. The molecule has 0 saturated carbocycles. The predicted molar refractivity (Wildman–Crippen MR) is 80.3 cm³/mol. The van der Waals surface area contributed by atoms with Crippen LogP contribution in [0.3, 0.4) is 0 Å². The predicted octanol–water partition coefficient (Wildman–Crippen LogP) is -2.27. The topological polar surface area (TPSA) is 149 Å². The fraction of sp³-hybridized carbons (Fsp3) is 0.500. The molecule has 9 nitrogen and oxygen atoms in total. The average Bonchev–Trinajstić information content (AvgIpc) is 2.51. The van der Waals surface area contributed by atoms with Gasteiger partial charge in [0.2, 0.25) is 0 Å². The van der Waals surface area contributed by atoms with Crippen LogP contribution in [-0.2, 0) is 6.54 Å². The van der Waals surface area contributed by atoms with Gasteiger partial charge in [-0.15, -0.1) is 0 Å². The Balaban J connectivity index is 2.53. The molecule has 2 heterocycles. The second-order valence-electron chi connectivity index (χ2n) is 5.44. The molecule has 3 atom stereocenters. The number of aliphatic hydroxyl groups excluding tert-OH is 4. The second kappa shape index (κ2) is 6.59. The quantitative estimate of drug-likeness (QED) is 0.416. The minimum Gasteiger partial charge on any atom is -0.394 e. The zero-order valence-electron chi connectivity index (χ0n) is 12.7. The van der Waals surface area contributed by atoms with Crippen molar-refractivity contribution in [2.24, 2.45) is 0 Å². The number of H-pyrrole nitrogens is 1. The lowest BCUT2D eigenvalue weighted by molar-refractivity contribution is -0.0807. The Kier molecular flexibility index (Phi) is 4.95. The van der Waals surface area contributed by atoms with Crippen LogP contribution in [-0.4, -0.2) is 59.9 Å². The van der Waals surface area contributed by atoms with E-state index in [0.29, 0.717) is 5.69 Å². The van der Waals surface area contributed by atoms with Crippen molar-refractivity contribution in [2.45, 2.75) is 38.7 Å². The Labute approximate surface area is 130 Å². The number of aromatic amines is 1. The van der Waals surface area contributed by atoms with Crippen molar-refractivity contribution in [1.29, 1.82) is 0 Å². The van der Waals surface area contributed by atoms with Crippen LogP contribution in [0.1, 0.15) is 11.3 Å². The number of nitrogens with one attached hydrogen (secondary N) is 1. The normalized spacial score (nSPS) is 15.6. The highest BCUT2D eigenvalue weighted by Crippen LogP contribution is 2.21. The summed E-state index contributed by atoms with van der Waals surface area (Å²) in [4.78, 5) is 29.2. The first-order valence-electron chi connectivity index (χ1n) is 7.02. The van der Waals surface area contributed by atoms with Gasteiger partial charge in [-0.1, -0.05) is 0 Å². The zero-order valence-corrected chi connectivity index (χ0v) is 12.7. The molecule has 0 aromatic rings. The first kappa shape index (κ1) is 17.3. The Morgan fingerprint density at radius 1 is 1.22 bits per heavy atom. The maximum absolute atomic E-state index is 11.9. The van der Waals surface area contributed by atoms with Gasteiger partial charge in [0.25, 0.3) is 5.56 Å². The third-order valence-electron chi connectivity index (χ3n) is 3.85. The van der Waals surface area contributed by atoms with Gasteiger partial charge in [-0.3, -0.25) is 9.78 Å². The standard InChI is InChI=1S/C14H19N3O6/c1-6-3-8-12(15-14(23)16-13(8)22)17(7(6)2)4-9(19)11(21)10(20)5-18/h3,9-11,18-21H,4-5H2,1-2H3,(H,16,22,23)/t9-,10+,11-/m0/s1. The van der Waals surface area contributed by atoms with Gasteiger partial charge in [0.05, 0.1) is 18.7 Å². The van der Waals surface area contributed by atoms with E-state index in [9.17, 15) is 24.9 Å². The van der Waals surface area contributed by atoms with Crippen LogP contribution in [0.4, 0.5) is 0 Å². The number of fused-ring (bicyclic) bond motifs is 1. The average molecular weight is 325 g/mol. The van der Waals surface area contributed by atoms with Crippen LogP contribution >= 0.6 is 0 Å². The zero-order chi connectivity index (χ0) is 17.3. The third-order valence-corrected chi connectivity index (χ3v) is 3.85.